The number of hydrogen-bond donors (Lipinski definition) is 0. The third kappa shape index (κ3) is 1.90. The summed E-state index contributed by atoms with van der Waals surface area (Å²) in [5.41, 5.74) is 4.90. The molecule has 16 heavy (non-hydrogen) atoms. The summed E-state index contributed by atoms with van der Waals surface area (Å²) in [4.78, 5) is 0. The minimum atomic E-state index is 0.863. The molecule has 0 saturated heterocycles. The molecule has 0 atom stereocenters. The van der Waals surface area contributed by atoms with E-state index in [9.17, 15) is 0 Å². The van der Waals surface area contributed by atoms with Crippen LogP contribution in [0.4, 0.5) is 0 Å². The van der Waals surface area contributed by atoms with Crippen molar-refractivity contribution in [1.29, 1.82) is 0 Å². The lowest BCUT2D eigenvalue weighted by Gasteiger charge is -2.26. The molecule has 0 spiro atoms. The lowest BCUT2D eigenvalue weighted by Crippen LogP contribution is -2.11. The standard InChI is InChI=1S/C16H22/c1-12-5-7-14(8-6-12)16-10-9-13-3-2-4-15(13)11-16/h9-12,14H,2-8H2,1H3. The molecule has 0 amide bonds. The van der Waals surface area contributed by atoms with Gasteiger partial charge in [-0.25, -0.2) is 0 Å². The summed E-state index contributed by atoms with van der Waals surface area (Å²) in [6.45, 7) is 2.40. The van der Waals surface area contributed by atoms with Crippen LogP contribution >= 0.6 is 0 Å². The highest BCUT2D eigenvalue weighted by atomic mass is 14.3. The largest absolute Gasteiger partial charge is 0.0625 e. The second-order valence-corrected chi connectivity index (χ2v) is 5.84. The molecule has 86 valence electrons. The maximum absolute atomic E-state index is 2.52. The van der Waals surface area contributed by atoms with E-state index in [4.69, 9.17) is 0 Å². The minimum absolute atomic E-state index is 0.863. The molecular formula is C16H22. The molecule has 3 rings (SSSR count). The predicted octanol–water partition coefficient (Wildman–Crippen LogP) is 4.47. The van der Waals surface area contributed by atoms with Crippen LogP contribution in [-0.4, -0.2) is 0 Å². The topological polar surface area (TPSA) is 0 Å². The SMILES string of the molecule is CC1CCC(c2ccc3c(c2)CCC3)CC1. The molecule has 0 nitrogen and oxygen atoms in total. The molecule has 0 aromatic heterocycles. The Hall–Kier alpha value is -0.780. The van der Waals surface area contributed by atoms with Crippen LogP contribution < -0.4 is 0 Å². The number of hydrogen-bond acceptors (Lipinski definition) is 0. The summed E-state index contributed by atoms with van der Waals surface area (Å²) >= 11 is 0. The monoisotopic (exact) mass is 214 g/mol. The first-order valence-corrected chi connectivity index (χ1v) is 6.94. The smallest absolute Gasteiger partial charge is 0.0162 e. The van der Waals surface area contributed by atoms with E-state index in [1.807, 2.05) is 0 Å². The highest BCUT2D eigenvalue weighted by Gasteiger charge is 2.21. The van der Waals surface area contributed by atoms with Crippen molar-refractivity contribution in [3.05, 3.63) is 34.9 Å². The number of fused-ring (bicyclic) bond motifs is 1. The molecule has 0 bridgehead atoms. The lowest BCUT2D eigenvalue weighted by molar-refractivity contribution is 0.348. The van der Waals surface area contributed by atoms with Gasteiger partial charge in [-0.1, -0.05) is 38.0 Å². The quantitative estimate of drug-likeness (QED) is 0.647. The van der Waals surface area contributed by atoms with Crippen molar-refractivity contribution in [1.82, 2.24) is 0 Å². The van der Waals surface area contributed by atoms with Gasteiger partial charge in [0.1, 0.15) is 0 Å². The first-order valence-electron chi connectivity index (χ1n) is 6.94. The Morgan fingerprint density at radius 1 is 0.938 bits per heavy atom. The summed E-state index contributed by atoms with van der Waals surface area (Å²) in [6, 6.07) is 7.32. The molecule has 2 aliphatic rings. The van der Waals surface area contributed by atoms with E-state index in [0.717, 1.165) is 11.8 Å². The minimum Gasteiger partial charge on any atom is -0.0625 e. The molecule has 1 aromatic rings. The highest BCUT2D eigenvalue weighted by Crippen LogP contribution is 2.37. The Labute approximate surface area is 99.1 Å². The molecule has 0 heterocycles. The highest BCUT2D eigenvalue weighted by molar-refractivity contribution is 5.36. The molecular weight excluding hydrogens is 192 g/mol. The van der Waals surface area contributed by atoms with Crippen LogP contribution in [0.1, 0.15) is 61.6 Å². The van der Waals surface area contributed by atoms with Gasteiger partial charge in [0, 0.05) is 0 Å². The lowest BCUT2D eigenvalue weighted by atomic mass is 9.79. The molecule has 2 aliphatic carbocycles. The number of benzene rings is 1. The predicted molar refractivity (Wildman–Crippen MR) is 68.8 cm³/mol. The fourth-order valence-corrected chi connectivity index (χ4v) is 3.44. The molecule has 1 fully saturated rings. The first kappa shape index (κ1) is 10.4. The van der Waals surface area contributed by atoms with Gasteiger partial charge in [-0.3, -0.25) is 0 Å². The van der Waals surface area contributed by atoms with Gasteiger partial charge < -0.3 is 0 Å². The second kappa shape index (κ2) is 4.24. The van der Waals surface area contributed by atoms with Gasteiger partial charge in [-0.2, -0.15) is 0 Å². The maximum Gasteiger partial charge on any atom is -0.0162 e. The average molecular weight is 214 g/mol. The van der Waals surface area contributed by atoms with Crippen LogP contribution in [-0.2, 0) is 12.8 Å². The van der Waals surface area contributed by atoms with Gasteiger partial charge in [0.2, 0.25) is 0 Å². The molecule has 0 N–H and O–H groups in total. The van der Waals surface area contributed by atoms with Crippen molar-refractivity contribution >= 4 is 0 Å². The third-order valence-corrected chi connectivity index (χ3v) is 4.61. The van der Waals surface area contributed by atoms with E-state index in [1.54, 1.807) is 16.7 Å². The van der Waals surface area contributed by atoms with E-state index in [1.165, 1.54) is 44.9 Å². The summed E-state index contributed by atoms with van der Waals surface area (Å²) < 4.78 is 0. The van der Waals surface area contributed by atoms with Crippen molar-refractivity contribution in [3.63, 3.8) is 0 Å². The molecule has 0 heteroatoms. The Morgan fingerprint density at radius 3 is 2.50 bits per heavy atom. The Morgan fingerprint density at radius 2 is 1.69 bits per heavy atom. The molecule has 0 aliphatic heterocycles. The van der Waals surface area contributed by atoms with Crippen molar-refractivity contribution < 1.29 is 0 Å². The zero-order valence-electron chi connectivity index (χ0n) is 10.3. The zero-order chi connectivity index (χ0) is 11.0. The molecule has 1 aromatic carbocycles. The summed E-state index contributed by atoms with van der Waals surface area (Å²) in [7, 11) is 0. The van der Waals surface area contributed by atoms with Gasteiger partial charge >= 0.3 is 0 Å². The van der Waals surface area contributed by atoms with E-state index in [0.29, 0.717) is 0 Å². The van der Waals surface area contributed by atoms with Crippen LogP contribution in [0.5, 0.6) is 0 Å². The summed E-state index contributed by atoms with van der Waals surface area (Å²) in [6.07, 6.45) is 9.72. The number of rotatable bonds is 1. The van der Waals surface area contributed by atoms with E-state index >= 15 is 0 Å². The molecule has 1 saturated carbocycles. The Balaban J connectivity index is 1.79. The Kier molecular flexibility index (Phi) is 2.75. The van der Waals surface area contributed by atoms with Crippen molar-refractivity contribution in [2.45, 2.75) is 57.8 Å². The fraction of sp³-hybridized carbons (Fsp3) is 0.625. The van der Waals surface area contributed by atoms with Crippen LogP contribution in [0.2, 0.25) is 0 Å². The zero-order valence-corrected chi connectivity index (χ0v) is 10.3. The summed E-state index contributed by atoms with van der Waals surface area (Å²) in [5.74, 6) is 1.83. The van der Waals surface area contributed by atoms with Crippen molar-refractivity contribution in [2.75, 3.05) is 0 Å². The van der Waals surface area contributed by atoms with Crippen LogP contribution in [0.3, 0.4) is 0 Å². The van der Waals surface area contributed by atoms with Gasteiger partial charge in [0.15, 0.2) is 0 Å². The summed E-state index contributed by atoms with van der Waals surface area (Å²) in [5, 5.41) is 0. The van der Waals surface area contributed by atoms with E-state index in [2.05, 4.69) is 25.1 Å². The van der Waals surface area contributed by atoms with Crippen molar-refractivity contribution in [3.8, 4) is 0 Å². The van der Waals surface area contributed by atoms with Gasteiger partial charge in [0.25, 0.3) is 0 Å². The second-order valence-electron chi connectivity index (χ2n) is 5.84. The van der Waals surface area contributed by atoms with E-state index < -0.39 is 0 Å². The Bertz CT molecular complexity index is 370. The fourth-order valence-electron chi connectivity index (χ4n) is 3.44. The van der Waals surface area contributed by atoms with Crippen LogP contribution in [0.25, 0.3) is 0 Å². The van der Waals surface area contributed by atoms with Gasteiger partial charge in [-0.05, 0) is 60.6 Å². The van der Waals surface area contributed by atoms with Gasteiger partial charge in [-0.15, -0.1) is 0 Å². The van der Waals surface area contributed by atoms with Crippen molar-refractivity contribution in [2.24, 2.45) is 5.92 Å². The van der Waals surface area contributed by atoms with E-state index in [-0.39, 0.29) is 0 Å². The molecule has 0 unspecified atom stereocenters. The molecule has 0 radical (unpaired) electrons. The van der Waals surface area contributed by atoms with Crippen LogP contribution in [0.15, 0.2) is 18.2 Å². The third-order valence-electron chi connectivity index (χ3n) is 4.61. The van der Waals surface area contributed by atoms with Crippen LogP contribution in [0, 0.1) is 5.92 Å². The maximum atomic E-state index is 2.52. The van der Waals surface area contributed by atoms with Gasteiger partial charge in [0.05, 0.1) is 0 Å². The average Bonchev–Trinajstić information content (AvgIpc) is 2.77. The first-order chi connectivity index (χ1) is 7.83. The normalized spacial score (nSPS) is 29.1. The number of aryl methyl sites for hydroxylation is 2.